The molecule has 3 heteroatoms. The Hall–Kier alpha value is -0.800. The van der Waals surface area contributed by atoms with E-state index in [9.17, 15) is 0 Å². The van der Waals surface area contributed by atoms with Gasteiger partial charge in [0.25, 0.3) is 0 Å². The first-order valence-electron chi connectivity index (χ1n) is 8.22. The number of likely N-dealkylation sites (N-methyl/N-ethyl adjacent to an activating group) is 1. The summed E-state index contributed by atoms with van der Waals surface area (Å²) in [5, 5.41) is 0. The molecule has 1 heterocycles. The van der Waals surface area contributed by atoms with Gasteiger partial charge in [0.15, 0.2) is 0 Å². The van der Waals surface area contributed by atoms with Crippen LogP contribution in [0, 0.1) is 5.92 Å². The van der Waals surface area contributed by atoms with Crippen LogP contribution >= 0.6 is 0 Å². The predicted octanol–water partition coefficient (Wildman–Crippen LogP) is 4.26. The Balaban J connectivity index is 1.89. The van der Waals surface area contributed by atoms with E-state index < -0.39 is 0 Å². The zero-order chi connectivity index (χ0) is 14.2. The summed E-state index contributed by atoms with van der Waals surface area (Å²) >= 11 is 0. The van der Waals surface area contributed by atoms with Crippen molar-refractivity contribution in [2.75, 3.05) is 26.2 Å². The van der Waals surface area contributed by atoms with Gasteiger partial charge in [0, 0.05) is 6.54 Å². The van der Waals surface area contributed by atoms with Gasteiger partial charge < -0.3 is 14.1 Å². The Kier molecular flexibility index (Phi) is 6.61. The summed E-state index contributed by atoms with van der Waals surface area (Å²) < 4.78 is 11.8. The minimum absolute atomic E-state index is 0.154. The van der Waals surface area contributed by atoms with Crippen LogP contribution in [0.2, 0.25) is 0 Å². The highest BCUT2D eigenvalue weighted by Crippen LogP contribution is 2.36. The molecule has 0 saturated heterocycles. The highest BCUT2D eigenvalue weighted by molar-refractivity contribution is 5.04. The van der Waals surface area contributed by atoms with Gasteiger partial charge in [-0.25, -0.2) is 0 Å². The number of furan rings is 1. The van der Waals surface area contributed by atoms with Crippen LogP contribution in [0.25, 0.3) is 0 Å². The van der Waals surface area contributed by atoms with E-state index in [1.807, 2.05) is 6.07 Å². The fourth-order valence-electron chi connectivity index (χ4n) is 3.19. The lowest BCUT2D eigenvalue weighted by Gasteiger charge is -2.29. The molecule has 0 aromatic carbocycles. The van der Waals surface area contributed by atoms with Gasteiger partial charge in [-0.3, -0.25) is 0 Å². The van der Waals surface area contributed by atoms with E-state index in [2.05, 4.69) is 24.8 Å². The third-order valence-electron chi connectivity index (χ3n) is 4.50. The lowest BCUT2D eigenvalue weighted by Crippen LogP contribution is -2.29. The fraction of sp³-hybridized carbons (Fsp3) is 0.765. The van der Waals surface area contributed by atoms with E-state index in [4.69, 9.17) is 9.15 Å². The summed E-state index contributed by atoms with van der Waals surface area (Å²) in [6, 6.07) is 4.04. The van der Waals surface area contributed by atoms with E-state index in [1.54, 1.807) is 6.26 Å². The van der Waals surface area contributed by atoms with Crippen LogP contribution in [0.15, 0.2) is 22.8 Å². The lowest BCUT2D eigenvalue weighted by atomic mass is 9.84. The predicted molar refractivity (Wildman–Crippen MR) is 81.8 cm³/mol. The van der Waals surface area contributed by atoms with Gasteiger partial charge in [0.05, 0.1) is 12.9 Å². The molecule has 1 atom stereocenters. The smallest absolute Gasteiger partial charge is 0.132 e. The molecular weight excluding hydrogens is 250 g/mol. The average Bonchev–Trinajstić information content (AvgIpc) is 3.02. The maximum atomic E-state index is 6.22. The lowest BCUT2D eigenvalue weighted by molar-refractivity contribution is -0.0221. The molecule has 20 heavy (non-hydrogen) atoms. The molecule has 1 unspecified atom stereocenters. The highest BCUT2D eigenvalue weighted by atomic mass is 16.5. The van der Waals surface area contributed by atoms with Crippen molar-refractivity contribution in [1.29, 1.82) is 0 Å². The van der Waals surface area contributed by atoms with Gasteiger partial charge in [0.1, 0.15) is 11.9 Å². The summed E-state index contributed by atoms with van der Waals surface area (Å²) in [6.45, 7) is 8.40. The molecule has 0 bridgehead atoms. The van der Waals surface area contributed by atoms with E-state index in [-0.39, 0.29) is 6.10 Å². The quantitative estimate of drug-likeness (QED) is 0.711. The van der Waals surface area contributed by atoms with Crippen molar-refractivity contribution in [3.63, 3.8) is 0 Å². The second-order valence-electron chi connectivity index (χ2n) is 5.73. The first kappa shape index (κ1) is 15.6. The van der Waals surface area contributed by atoms with Gasteiger partial charge in [-0.1, -0.05) is 33.1 Å². The number of hydrogen-bond donors (Lipinski definition) is 0. The second kappa shape index (κ2) is 8.48. The van der Waals surface area contributed by atoms with Crippen molar-refractivity contribution in [2.24, 2.45) is 5.92 Å². The second-order valence-corrected chi connectivity index (χ2v) is 5.73. The van der Waals surface area contributed by atoms with E-state index in [1.165, 1.54) is 32.1 Å². The minimum Gasteiger partial charge on any atom is -0.467 e. The molecule has 1 saturated carbocycles. The molecule has 0 amide bonds. The Morgan fingerprint density at radius 1 is 1.25 bits per heavy atom. The zero-order valence-electron chi connectivity index (χ0n) is 13.0. The summed E-state index contributed by atoms with van der Waals surface area (Å²) in [4.78, 5) is 2.40. The van der Waals surface area contributed by atoms with Gasteiger partial charge in [0.2, 0.25) is 0 Å². The standard InChI is InChI=1S/C17H29NO2/c1-3-18(4-2)12-14-20-17(16-11-8-13-19-16)15-9-6-5-7-10-15/h8,11,13,15,17H,3-7,9-10,12,14H2,1-2H3. The SMILES string of the molecule is CCN(CC)CCOC(c1ccco1)C1CCCCC1. The maximum Gasteiger partial charge on any atom is 0.132 e. The fourth-order valence-corrected chi connectivity index (χ4v) is 3.19. The molecule has 0 aliphatic heterocycles. The molecule has 1 aliphatic carbocycles. The normalized spacial score (nSPS) is 18.6. The van der Waals surface area contributed by atoms with Crippen molar-refractivity contribution >= 4 is 0 Å². The van der Waals surface area contributed by atoms with Crippen LogP contribution in [0.5, 0.6) is 0 Å². The Labute approximate surface area is 123 Å². The molecule has 114 valence electrons. The van der Waals surface area contributed by atoms with Gasteiger partial charge in [-0.05, 0) is 44.0 Å². The first-order chi connectivity index (χ1) is 9.85. The van der Waals surface area contributed by atoms with Crippen LogP contribution in [0.3, 0.4) is 0 Å². The molecule has 3 nitrogen and oxygen atoms in total. The van der Waals surface area contributed by atoms with Crippen LogP contribution in [-0.2, 0) is 4.74 Å². The Morgan fingerprint density at radius 3 is 2.60 bits per heavy atom. The molecular formula is C17H29NO2. The van der Waals surface area contributed by atoms with Crippen molar-refractivity contribution in [1.82, 2.24) is 4.90 Å². The number of hydrogen-bond acceptors (Lipinski definition) is 3. The van der Waals surface area contributed by atoms with E-state index in [0.717, 1.165) is 32.0 Å². The van der Waals surface area contributed by atoms with Gasteiger partial charge in [-0.2, -0.15) is 0 Å². The summed E-state index contributed by atoms with van der Waals surface area (Å²) in [5.41, 5.74) is 0. The van der Waals surface area contributed by atoms with Crippen LogP contribution in [0.1, 0.15) is 57.8 Å². The van der Waals surface area contributed by atoms with Crippen LogP contribution in [0.4, 0.5) is 0 Å². The topological polar surface area (TPSA) is 25.6 Å². The van der Waals surface area contributed by atoms with Crippen molar-refractivity contribution in [2.45, 2.75) is 52.1 Å². The van der Waals surface area contributed by atoms with Crippen LogP contribution in [-0.4, -0.2) is 31.1 Å². The van der Waals surface area contributed by atoms with E-state index in [0.29, 0.717) is 5.92 Å². The largest absolute Gasteiger partial charge is 0.467 e. The Bertz CT molecular complexity index is 340. The van der Waals surface area contributed by atoms with Crippen molar-refractivity contribution in [3.05, 3.63) is 24.2 Å². The molecule has 1 fully saturated rings. The average molecular weight is 279 g/mol. The molecule has 2 rings (SSSR count). The van der Waals surface area contributed by atoms with Crippen molar-refractivity contribution < 1.29 is 9.15 Å². The molecule has 0 radical (unpaired) electrons. The molecule has 0 spiro atoms. The summed E-state index contributed by atoms with van der Waals surface area (Å²) in [6.07, 6.45) is 8.51. The summed E-state index contributed by atoms with van der Waals surface area (Å²) in [5.74, 6) is 1.64. The molecule has 0 N–H and O–H groups in total. The third kappa shape index (κ3) is 4.35. The molecule has 1 aliphatic rings. The minimum atomic E-state index is 0.154. The first-order valence-corrected chi connectivity index (χ1v) is 8.22. The monoisotopic (exact) mass is 279 g/mol. The number of ether oxygens (including phenoxy) is 1. The number of nitrogens with zero attached hydrogens (tertiary/aromatic N) is 1. The van der Waals surface area contributed by atoms with Crippen LogP contribution < -0.4 is 0 Å². The van der Waals surface area contributed by atoms with E-state index >= 15 is 0 Å². The molecule has 1 aromatic heterocycles. The zero-order valence-corrected chi connectivity index (χ0v) is 13.0. The number of rotatable bonds is 8. The summed E-state index contributed by atoms with van der Waals surface area (Å²) in [7, 11) is 0. The maximum absolute atomic E-state index is 6.22. The van der Waals surface area contributed by atoms with Gasteiger partial charge >= 0.3 is 0 Å². The Morgan fingerprint density at radius 2 is 2.00 bits per heavy atom. The van der Waals surface area contributed by atoms with Crippen molar-refractivity contribution in [3.8, 4) is 0 Å². The third-order valence-corrected chi connectivity index (χ3v) is 4.50. The highest BCUT2D eigenvalue weighted by Gasteiger charge is 2.27. The van der Waals surface area contributed by atoms with Gasteiger partial charge in [-0.15, -0.1) is 0 Å². The molecule has 1 aromatic rings.